The molecular formula is C18H23FN2O3. The Hall–Kier alpha value is -1.95. The fraction of sp³-hybridized carbons (Fsp3) is 0.556. The summed E-state index contributed by atoms with van der Waals surface area (Å²) in [5.41, 5.74) is 1.10. The molecule has 0 saturated heterocycles. The van der Waals surface area contributed by atoms with Crippen LogP contribution in [0.5, 0.6) is 0 Å². The highest BCUT2D eigenvalue weighted by atomic mass is 19.1. The third kappa shape index (κ3) is 4.12. The van der Waals surface area contributed by atoms with E-state index >= 15 is 0 Å². The minimum atomic E-state index is -0.801. The lowest BCUT2D eigenvalue weighted by Crippen LogP contribution is -2.55. The van der Waals surface area contributed by atoms with Crippen LogP contribution in [0, 0.1) is 18.7 Å². The zero-order chi connectivity index (χ0) is 17.3. The number of amides is 1. The Morgan fingerprint density at radius 3 is 2.62 bits per heavy atom. The monoisotopic (exact) mass is 334 g/mol. The maximum absolute atomic E-state index is 13.1. The number of halogens is 1. The van der Waals surface area contributed by atoms with Crippen LogP contribution in [0.2, 0.25) is 0 Å². The van der Waals surface area contributed by atoms with E-state index in [2.05, 4.69) is 5.32 Å². The van der Waals surface area contributed by atoms with E-state index in [1.54, 1.807) is 6.92 Å². The SMILES string of the molecule is Cc1cc(F)ccc1C(=O)NC1CC(N(CC(=O)O)CC2CC2)C1. The molecule has 3 rings (SSSR count). The second-order valence-corrected chi connectivity index (χ2v) is 7.02. The summed E-state index contributed by atoms with van der Waals surface area (Å²) in [4.78, 5) is 25.3. The predicted molar refractivity (Wildman–Crippen MR) is 87.3 cm³/mol. The maximum Gasteiger partial charge on any atom is 0.317 e. The molecular weight excluding hydrogens is 311 g/mol. The molecule has 2 saturated carbocycles. The second-order valence-electron chi connectivity index (χ2n) is 7.02. The lowest BCUT2D eigenvalue weighted by atomic mass is 9.85. The smallest absolute Gasteiger partial charge is 0.317 e. The predicted octanol–water partition coefficient (Wildman–Crippen LogP) is 2.19. The van der Waals surface area contributed by atoms with Crippen LogP contribution in [0.1, 0.15) is 41.6 Å². The molecule has 0 aliphatic heterocycles. The van der Waals surface area contributed by atoms with E-state index in [9.17, 15) is 14.0 Å². The average Bonchev–Trinajstić information content (AvgIpc) is 3.24. The Bertz CT molecular complexity index is 639. The van der Waals surface area contributed by atoms with Gasteiger partial charge in [-0.15, -0.1) is 0 Å². The lowest BCUT2D eigenvalue weighted by Gasteiger charge is -2.42. The fourth-order valence-electron chi connectivity index (χ4n) is 3.30. The number of carboxylic acid groups (broad SMARTS) is 1. The molecule has 6 heteroatoms. The first-order chi connectivity index (χ1) is 11.4. The standard InChI is InChI=1S/C18H23FN2O3/c1-11-6-13(19)4-5-16(11)18(24)20-14-7-15(8-14)21(10-17(22)23)9-12-2-3-12/h4-6,12,14-15H,2-3,7-10H2,1H3,(H,20,24)(H,22,23). The van der Waals surface area contributed by atoms with Gasteiger partial charge >= 0.3 is 5.97 Å². The Morgan fingerprint density at radius 1 is 1.33 bits per heavy atom. The van der Waals surface area contributed by atoms with Crippen LogP contribution >= 0.6 is 0 Å². The molecule has 0 heterocycles. The van der Waals surface area contributed by atoms with Gasteiger partial charge in [-0.1, -0.05) is 0 Å². The van der Waals surface area contributed by atoms with Gasteiger partial charge in [0.1, 0.15) is 5.82 Å². The highest BCUT2D eigenvalue weighted by Crippen LogP contribution is 2.33. The number of carbonyl (C=O) groups is 2. The Balaban J connectivity index is 1.51. The summed E-state index contributed by atoms with van der Waals surface area (Å²) in [6, 6.07) is 4.42. The van der Waals surface area contributed by atoms with Crippen LogP contribution in [0.3, 0.4) is 0 Å². The van der Waals surface area contributed by atoms with Crippen LogP contribution in [0.4, 0.5) is 4.39 Å². The second kappa shape index (κ2) is 6.89. The third-order valence-electron chi connectivity index (χ3n) is 4.93. The highest BCUT2D eigenvalue weighted by molar-refractivity contribution is 5.95. The topological polar surface area (TPSA) is 69.6 Å². The molecule has 0 aromatic heterocycles. The van der Waals surface area contributed by atoms with Crippen LogP contribution in [0.15, 0.2) is 18.2 Å². The van der Waals surface area contributed by atoms with Gasteiger partial charge in [0.15, 0.2) is 0 Å². The molecule has 2 aliphatic rings. The first-order valence-electron chi connectivity index (χ1n) is 8.45. The number of benzene rings is 1. The van der Waals surface area contributed by atoms with Gasteiger partial charge in [-0.2, -0.15) is 0 Å². The van der Waals surface area contributed by atoms with Crippen molar-refractivity contribution in [3.63, 3.8) is 0 Å². The van der Waals surface area contributed by atoms with E-state index in [4.69, 9.17) is 5.11 Å². The number of hydrogen-bond donors (Lipinski definition) is 2. The van der Waals surface area contributed by atoms with E-state index in [1.165, 1.54) is 31.0 Å². The number of aliphatic carboxylic acids is 1. The average molecular weight is 334 g/mol. The summed E-state index contributed by atoms with van der Waals surface area (Å²) >= 11 is 0. The quantitative estimate of drug-likeness (QED) is 0.802. The van der Waals surface area contributed by atoms with Gasteiger partial charge in [0.25, 0.3) is 5.91 Å². The van der Waals surface area contributed by atoms with Gasteiger partial charge in [0.2, 0.25) is 0 Å². The molecule has 1 aromatic rings. The van der Waals surface area contributed by atoms with Gasteiger partial charge in [-0.05, 0) is 62.3 Å². The normalized spacial score (nSPS) is 23.0. The van der Waals surface area contributed by atoms with Crippen molar-refractivity contribution >= 4 is 11.9 Å². The number of carboxylic acids is 1. The van der Waals surface area contributed by atoms with E-state index < -0.39 is 5.97 Å². The van der Waals surface area contributed by atoms with Crippen molar-refractivity contribution in [1.29, 1.82) is 0 Å². The first-order valence-corrected chi connectivity index (χ1v) is 8.45. The van der Waals surface area contributed by atoms with Gasteiger partial charge in [-0.25, -0.2) is 4.39 Å². The Morgan fingerprint density at radius 2 is 2.04 bits per heavy atom. The van der Waals surface area contributed by atoms with Crippen LogP contribution in [0.25, 0.3) is 0 Å². The summed E-state index contributed by atoms with van der Waals surface area (Å²) in [5.74, 6) is -0.704. The summed E-state index contributed by atoms with van der Waals surface area (Å²) in [6.45, 7) is 2.62. The van der Waals surface area contributed by atoms with Crippen molar-refractivity contribution in [1.82, 2.24) is 10.2 Å². The molecule has 0 bridgehead atoms. The molecule has 0 atom stereocenters. The lowest BCUT2D eigenvalue weighted by molar-refractivity contribution is -0.139. The zero-order valence-corrected chi connectivity index (χ0v) is 13.8. The number of hydrogen-bond acceptors (Lipinski definition) is 3. The van der Waals surface area contributed by atoms with E-state index in [-0.39, 0.29) is 30.4 Å². The van der Waals surface area contributed by atoms with Crippen molar-refractivity contribution in [2.45, 2.75) is 44.7 Å². The van der Waals surface area contributed by atoms with Crippen LogP contribution < -0.4 is 5.32 Å². The van der Waals surface area contributed by atoms with Crippen molar-refractivity contribution in [3.05, 3.63) is 35.1 Å². The minimum absolute atomic E-state index is 0.0578. The molecule has 1 amide bonds. The van der Waals surface area contributed by atoms with E-state index in [0.29, 0.717) is 17.0 Å². The van der Waals surface area contributed by atoms with Gasteiger partial charge < -0.3 is 10.4 Å². The van der Waals surface area contributed by atoms with Gasteiger partial charge in [0, 0.05) is 24.2 Å². The van der Waals surface area contributed by atoms with Crippen LogP contribution in [-0.2, 0) is 4.79 Å². The van der Waals surface area contributed by atoms with Gasteiger partial charge in [-0.3, -0.25) is 14.5 Å². The molecule has 0 spiro atoms. The number of nitrogens with zero attached hydrogens (tertiary/aromatic N) is 1. The highest BCUT2D eigenvalue weighted by Gasteiger charge is 2.37. The van der Waals surface area contributed by atoms with Gasteiger partial charge in [0.05, 0.1) is 6.54 Å². The molecule has 1 aromatic carbocycles. The number of carbonyl (C=O) groups excluding carboxylic acids is 1. The molecule has 130 valence electrons. The van der Waals surface area contributed by atoms with Crippen molar-refractivity contribution in [2.75, 3.05) is 13.1 Å². The van der Waals surface area contributed by atoms with Crippen molar-refractivity contribution in [3.8, 4) is 0 Å². The molecule has 0 unspecified atom stereocenters. The number of rotatable bonds is 7. The first kappa shape index (κ1) is 16.9. The zero-order valence-electron chi connectivity index (χ0n) is 13.8. The van der Waals surface area contributed by atoms with Crippen LogP contribution in [-0.4, -0.2) is 47.1 Å². The Labute approximate surface area is 140 Å². The van der Waals surface area contributed by atoms with Crippen molar-refractivity contribution < 1.29 is 19.1 Å². The fourth-order valence-corrected chi connectivity index (χ4v) is 3.30. The Kier molecular flexibility index (Phi) is 4.85. The maximum atomic E-state index is 13.1. The number of nitrogens with one attached hydrogen (secondary N) is 1. The molecule has 24 heavy (non-hydrogen) atoms. The summed E-state index contributed by atoms with van der Waals surface area (Å²) < 4.78 is 13.1. The molecule has 0 radical (unpaired) electrons. The van der Waals surface area contributed by atoms with Crippen molar-refractivity contribution in [2.24, 2.45) is 5.92 Å². The molecule has 2 N–H and O–H groups in total. The summed E-state index contributed by atoms with van der Waals surface area (Å²) in [6.07, 6.45) is 3.91. The third-order valence-corrected chi connectivity index (χ3v) is 4.93. The largest absolute Gasteiger partial charge is 0.480 e. The summed E-state index contributed by atoms with van der Waals surface area (Å²) in [5, 5.41) is 12.0. The number of aryl methyl sites for hydroxylation is 1. The van der Waals surface area contributed by atoms with E-state index in [1.807, 2.05) is 4.90 Å². The molecule has 2 fully saturated rings. The molecule has 5 nitrogen and oxygen atoms in total. The molecule has 2 aliphatic carbocycles. The minimum Gasteiger partial charge on any atom is -0.480 e. The van der Waals surface area contributed by atoms with E-state index in [0.717, 1.165) is 19.4 Å². The summed E-state index contributed by atoms with van der Waals surface area (Å²) in [7, 11) is 0.